The smallest absolute Gasteiger partial charge is 0.101 e. The number of nitriles is 1. The van der Waals surface area contributed by atoms with Crippen molar-refractivity contribution >= 4 is 15.9 Å². The molecule has 1 aromatic carbocycles. The van der Waals surface area contributed by atoms with Gasteiger partial charge in [0, 0.05) is 10.2 Å². The van der Waals surface area contributed by atoms with Crippen LogP contribution in [0.2, 0.25) is 0 Å². The van der Waals surface area contributed by atoms with Crippen LogP contribution < -0.4 is 0 Å². The molecule has 0 aliphatic rings. The van der Waals surface area contributed by atoms with Crippen LogP contribution in [-0.4, -0.2) is 9.78 Å². The lowest BCUT2D eigenvalue weighted by Gasteiger charge is -2.07. The van der Waals surface area contributed by atoms with E-state index in [1.54, 1.807) is 6.07 Å². The van der Waals surface area contributed by atoms with Crippen molar-refractivity contribution in [2.75, 3.05) is 0 Å². The summed E-state index contributed by atoms with van der Waals surface area (Å²) in [4.78, 5) is 0. The van der Waals surface area contributed by atoms with E-state index in [2.05, 4.69) is 27.1 Å². The molecular formula is C13H12BrN3. The number of hydrogen-bond acceptors (Lipinski definition) is 2. The van der Waals surface area contributed by atoms with Gasteiger partial charge in [-0.3, -0.25) is 0 Å². The zero-order chi connectivity index (χ0) is 12.6. The predicted molar refractivity (Wildman–Crippen MR) is 70.2 cm³/mol. The molecule has 0 N–H and O–H groups in total. The molecule has 0 bridgehead atoms. The van der Waals surface area contributed by atoms with Crippen molar-refractivity contribution in [1.82, 2.24) is 9.78 Å². The molecule has 0 amide bonds. The summed E-state index contributed by atoms with van der Waals surface area (Å²) in [5.74, 6) is 0. The molecule has 3 nitrogen and oxygen atoms in total. The molecule has 0 aliphatic carbocycles. The van der Waals surface area contributed by atoms with Crippen LogP contribution in [0.15, 0.2) is 22.7 Å². The molecule has 0 atom stereocenters. The second-order valence-corrected chi connectivity index (χ2v) is 4.90. The molecule has 2 aromatic rings. The third-order valence-corrected chi connectivity index (χ3v) is 3.45. The Morgan fingerprint density at radius 1 is 1.29 bits per heavy atom. The van der Waals surface area contributed by atoms with Gasteiger partial charge in [0.15, 0.2) is 0 Å². The Morgan fingerprint density at radius 3 is 2.53 bits per heavy atom. The number of benzene rings is 1. The summed E-state index contributed by atoms with van der Waals surface area (Å²) in [5.41, 5.74) is 4.66. The van der Waals surface area contributed by atoms with Crippen molar-refractivity contribution in [3.05, 3.63) is 45.2 Å². The van der Waals surface area contributed by atoms with Crippen LogP contribution >= 0.6 is 15.9 Å². The van der Waals surface area contributed by atoms with Crippen LogP contribution in [0.1, 0.15) is 22.5 Å². The van der Waals surface area contributed by atoms with Gasteiger partial charge in [0.05, 0.1) is 16.9 Å². The molecule has 0 saturated carbocycles. The zero-order valence-electron chi connectivity index (χ0n) is 9.95. The van der Waals surface area contributed by atoms with Crippen molar-refractivity contribution in [2.45, 2.75) is 20.8 Å². The van der Waals surface area contributed by atoms with Crippen LogP contribution in [0.25, 0.3) is 5.69 Å². The molecule has 1 aromatic heterocycles. The van der Waals surface area contributed by atoms with Gasteiger partial charge in [-0.2, -0.15) is 10.4 Å². The van der Waals surface area contributed by atoms with E-state index in [9.17, 15) is 0 Å². The Labute approximate surface area is 109 Å². The molecule has 2 rings (SSSR count). The maximum Gasteiger partial charge on any atom is 0.101 e. The number of aromatic nitrogens is 2. The first-order valence-corrected chi connectivity index (χ1v) is 6.06. The molecule has 1 heterocycles. The molecule has 0 saturated heterocycles. The summed E-state index contributed by atoms with van der Waals surface area (Å²) < 4.78 is 2.77. The Morgan fingerprint density at radius 2 is 2.00 bits per heavy atom. The zero-order valence-corrected chi connectivity index (χ0v) is 11.5. The van der Waals surface area contributed by atoms with Gasteiger partial charge in [0.25, 0.3) is 0 Å². The van der Waals surface area contributed by atoms with Crippen LogP contribution in [0, 0.1) is 32.1 Å². The fraction of sp³-hybridized carbons (Fsp3) is 0.231. The highest BCUT2D eigenvalue weighted by Gasteiger charge is 2.12. The van der Waals surface area contributed by atoms with Crippen molar-refractivity contribution < 1.29 is 0 Å². The summed E-state index contributed by atoms with van der Waals surface area (Å²) in [5, 5.41) is 13.6. The normalized spacial score (nSPS) is 10.3. The first kappa shape index (κ1) is 11.9. The molecule has 0 unspecified atom stereocenters. The molecule has 17 heavy (non-hydrogen) atoms. The number of aryl methyl sites for hydroxylation is 1. The van der Waals surface area contributed by atoms with E-state index >= 15 is 0 Å². The minimum Gasteiger partial charge on any atom is -0.236 e. The second-order valence-electron chi connectivity index (χ2n) is 3.98. The highest BCUT2D eigenvalue weighted by molar-refractivity contribution is 9.10. The van der Waals surface area contributed by atoms with Crippen LogP contribution in [0.5, 0.6) is 0 Å². The monoisotopic (exact) mass is 289 g/mol. The topological polar surface area (TPSA) is 41.6 Å². The van der Waals surface area contributed by atoms with Crippen molar-refractivity contribution in [1.29, 1.82) is 5.26 Å². The SMILES string of the molecule is Cc1nn(-c2cc(Br)ccc2C#N)c(C)c1C. The average Bonchev–Trinajstić information content (AvgIpc) is 2.57. The summed E-state index contributed by atoms with van der Waals surface area (Å²) in [6, 6.07) is 7.77. The number of halogens is 1. The first-order chi connectivity index (χ1) is 8.04. The molecule has 4 heteroatoms. The Hall–Kier alpha value is -1.60. The summed E-state index contributed by atoms with van der Waals surface area (Å²) in [7, 11) is 0. The Bertz CT molecular complexity index is 620. The van der Waals surface area contributed by atoms with Gasteiger partial charge in [-0.25, -0.2) is 4.68 Å². The predicted octanol–water partition coefficient (Wildman–Crippen LogP) is 3.43. The van der Waals surface area contributed by atoms with E-state index in [1.807, 2.05) is 37.6 Å². The highest BCUT2D eigenvalue weighted by atomic mass is 79.9. The van der Waals surface area contributed by atoms with Gasteiger partial charge < -0.3 is 0 Å². The van der Waals surface area contributed by atoms with E-state index in [4.69, 9.17) is 5.26 Å². The fourth-order valence-electron chi connectivity index (χ4n) is 1.73. The van der Waals surface area contributed by atoms with E-state index in [0.29, 0.717) is 5.56 Å². The second kappa shape index (κ2) is 4.34. The van der Waals surface area contributed by atoms with Gasteiger partial charge in [0.1, 0.15) is 6.07 Å². The van der Waals surface area contributed by atoms with Gasteiger partial charge in [-0.05, 0) is 44.5 Å². The minimum atomic E-state index is 0.624. The lowest BCUT2D eigenvalue weighted by Crippen LogP contribution is -2.02. The molecule has 86 valence electrons. The average molecular weight is 290 g/mol. The third kappa shape index (κ3) is 1.98. The maximum atomic E-state index is 9.13. The summed E-state index contributed by atoms with van der Waals surface area (Å²) in [6.45, 7) is 6.03. The van der Waals surface area contributed by atoms with Crippen LogP contribution in [0.4, 0.5) is 0 Å². The third-order valence-electron chi connectivity index (χ3n) is 2.96. The van der Waals surface area contributed by atoms with Crippen molar-refractivity contribution in [3.8, 4) is 11.8 Å². The molecule has 0 radical (unpaired) electrons. The number of hydrogen-bond donors (Lipinski definition) is 0. The lowest BCUT2D eigenvalue weighted by atomic mass is 10.2. The van der Waals surface area contributed by atoms with Crippen LogP contribution in [-0.2, 0) is 0 Å². The van der Waals surface area contributed by atoms with E-state index in [0.717, 1.165) is 27.1 Å². The Kier molecular flexibility index (Phi) is 3.03. The lowest BCUT2D eigenvalue weighted by molar-refractivity contribution is 0.830. The summed E-state index contributed by atoms with van der Waals surface area (Å²) >= 11 is 3.42. The van der Waals surface area contributed by atoms with Gasteiger partial charge in [-0.15, -0.1) is 0 Å². The standard InChI is InChI=1S/C13H12BrN3/c1-8-9(2)16-17(10(8)3)13-6-12(14)5-4-11(13)7-15/h4-6H,1-3H3. The van der Waals surface area contributed by atoms with Gasteiger partial charge >= 0.3 is 0 Å². The number of nitrogens with zero attached hydrogens (tertiary/aromatic N) is 3. The first-order valence-electron chi connectivity index (χ1n) is 5.27. The maximum absolute atomic E-state index is 9.13. The van der Waals surface area contributed by atoms with Crippen molar-refractivity contribution in [2.24, 2.45) is 0 Å². The molecule has 0 aliphatic heterocycles. The van der Waals surface area contributed by atoms with Gasteiger partial charge in [0.2, 0.25) is 0 Å². The van der Waals surface area contributed by atoms with Crippen LogP contribution in [0.3, 0.4) is 0 Å². The largest absolute Gasteiger partial charge is 0.236 e. The highest BCUT2D eigenvalue weighted by Crippen LogP contribution is 2.23. The number of rotatable bonds is 1. The summed E-state index contributed by atoms with van der Waals surface area (Å²) in [6.07, 6.45) is 0. The van der Waals surface area contributed by atoms with E-state index < -0.39 is 0 Å². The Balaban J connectivity index is 2.72. The molecule has 0 fully saturated rings. The quantitative estimate of drug-likeness (QED) is 0.807. The minimum absolute atomic E-state index is 0.624. The fourth-order valence-corrected chi connectivity index (χ4v) is 2.08. The molecule has 0 spiro atoms. The van der Waals surface area contributed by atoms with E-state index in [-0.39, 0.29) is 0 Å². The molecular weight excluding hydrogens is 278 g/mol. The van der Waals surface area contributed by atoms with Gasteiger partial charge in [-0.1, -0.05) is 15.9 Å². The van der Waals surface area contributed by atoms with E-state index in [1.165, 1.54) is 0 Å². The van der Waals surface area contributed by atoms with Crippen molar-refractivity contribution in [3.63, 3.8) is 0 Å².